The molecular weight excluding hydrogens is 340 g/mol. The number of ether oxygens (including phenoxy) is 1. The van der Waals surface area contributed by atoms with E-state index in [9.17, 15) is 4.79 Å². The van der Waals surface area contributed by atoms with E-state index in [1.54, 1.807) is 6.26 Å². The molecule has 2 aliphatic rings. The Labute approximate surface area is 161 Å². The Balaban J connectivity index is 1.50. The van der Waals surface area contributed by atoms with E-state index in [0.29, 0.717) is 18.6 Å². The van der Waals surface area contributed by atoms with Crippen molar-refractivity contribution < 1.29 is 13.9 Å². The Morgan fingerprint density at radius 2 is 2.07 bits per heavy atom. The smallest absolute Gasteiger partial charge is 0.227 e. The molecule has 0 N–H and O–H groups in total. The molecule has 1 saturated heterocycles. The third-order valence-electron chi connectivity index (χ3n) is 6.49. The Bertz CT molecular complexity index is 781. The van der Waals surface area contributed by atoms with Crippen molar-refractivity contribution in [1.29, 1.82) is 0 Å². The van der Waals surface area contributed by atoms with Gasteiger partial charge < -0.3 is 14.1 Å². The van der Waals surface area contributed by atoms with E-state index < -0.39 is 0 Å². The van der Waals surface area contributed by atoms with Crippen LogP contribution >= 0.6 is 0 Å². The Morgan fingerprint density at radius 3 is 2.85 bits per heavy atom. The SMILES string of the molecule is CO[C@@H]1CC[C@@H](N(C)C(=O)Cc2cccc3occc23)[C@H](N2CCCC2)C1. The number of hydrogen-bond donors (Lipinski definition) is 0. The first-order chi connectivity index (χ1) is 13.2. The van der Waals surface area contributed by atoms with E-state index in [-0.39, 0.29) is 11.9 Å². The summed E-state index contributed by atoms with van der Waals surface area (Å²) in [4.78, 5) is 17.7. The Morgan fingerprint density at radius 1 is 1.26 bits per heavy atom. The van der Waals surface area contributed by atoms with E-state index in [4.69, 9.17) is 9.15 Å². The first-order valence-corrected chi connectivity index (χ1v) is 10.1. The molecule has 27 heavy (non-hydrogen) atoms. The maximum Gasteiger partial charge on any atom is 0.227 e. The second kappa shape index (κ2) is 8.03. The molecule has 3 atom stereocenters. The van der Waals surface area contributed by atoms with Crippen molar-refractivity contribution in [2.45, 2.75) is 56.7 Å². The number of carbonyl (C=O) groups excluding carboxylic acids is 1. The van der Waals surface area contributed by atoms with E-state index in [2.05, 4.69) is 4.90 Å². The van der Waals surface area contributed by atoms with Gasteiger partial charge >= 0.3 is 0 Å². The molecule has 0 bridgehead atoms. The lowest BCUT2D eigenvalue weighted by molar-refractivity contribution is -0.134. The van der Waals surface area contributed by atoms with Gasteiger partial charge in [0.1, 0.15) is 5.58 Å². The lowest BCUT2D eigenvalue weighted by Crippen LogP contribution is -2.55. The van der Waals surface area contributed by atoms with Crippen molar-refractivity contribution >= 4 is 16.9 Å². The molecule has 5 nitrogen and oxygen atoms in total. The summed E-state index contributed by atoms with van der Waals surface area (Å²) in [6.45, 7) is 2.29. The number of furan rings is 1. The van der Waals surface area contributed by atoms with Crippen molar-refractivity contribution in [2.75, 3.05) is 27.2 Å². The molecule has 1 saturated carbocycles. The number of likely N-dealkylation sites (tertiary alicyclic amines) is 1. The fourth-order valence-electron chi connectivity index (χ4n) is 4.91. The fourth-order valence-corrected chi connectivity index (χ4v) is 4.91. The average Bonchev–Trinajstić information content (AvgIpc) is 3.39. The Kier molecular flexibility index (Phi) is 5.50. The molecule has 1 amide bonds. The van der Waals surface area contributed by atoms with Crippen LogP contribution in [0.25, 0.3) is 11.0 Å². The molecule has 1 aliphatic heterocycles. The van der Waals surface area contributed by atoms with E-state index in [1.165, 1.54) is 12.8 Å². The lowest BCUT2D eigenvalue weighted by atomic mass is 9.86. The van der Waals surface area contributed by atoms with Crippen LogP contribution in [0.5, 0.6) is 0 Å². The molecule has 5 heteroatoms. The van der Waals surface area contributed by atoms with Gasteiger partial charge in [-0.05, 0) is 62.9 Å². The zero-order valence-electron chi connectivity index (χ0n) is 16.4. The minimum atomic E-state index is 0.189. The third kappa shape index (κ3) is 3.76. The van der Waals surface area contributed by atoms with Crippen LogP contribution in [0.15, 0.2) is 34.9 Å². The van der Waals surface area contributed by atoms with Gasteiger partial charge in [-0.15, -0.1) is 0 Å². The molecule has 0 spiro atoms. The number of carbonyl (C=O) groups is 1. The molecule has 2 aromatic rings. The van der Waals surface area contributed by atoms with Crippen LogP contribution in [-0.4, -0.2) is 61.1 Å². The monoisotopic (exact) mass is 370 g/mol. The number of hydrogen-bond acceptors (Lipinski definition) is 4. The van der Waals surface area contributed by atoms with Gasteiger partial charge in [0.2, 0.25) is 5.91 Å². The van der Waals surface area contributed by atoms with E-state index in [0.717, 1.165) is 48.9 Å². The minimum absolute atomic E-state index is 0.189. The highest BCUT2D eigenvalue weighted by Gasteiger charge is 2.38. The molecule has 0 unspecified atom stereocenters. The molecule has 4 rings (SSSR count). The molecule has 1 aliphatic carbocycles. The van der Waals surface area contributed by atoms with Crippen LogP contribution in [0.2, 0.25) is 0 Å². The van der Waals surface area contributed by atoms with Crippen molar-refractivity contribution in [3.63, 3.8) is 0 Å². The van der Waals surface area contributed by atoms with Gasteiger partial charge in [-0.25, -0.2) is 0 Å². The van der Waals surface area contributed by atoms with Gasteiger partial charge in [-0.2, -0.15) is 0 Å². The van der Waals surface area contributed by atoms with E-state index in [1.807, 2.05) is 43.3 Å². The zero-order valence-corrected chi connectivity index (χ0v) is 16.4. The summed E-state index contributed by atoms with van der Waals surface area (Å²) in [5.74, 6) is 0.189. The zero-order chi connectivity index (χ0) is 18.8. The van der Waals surface area contributed by atoms with Gasteiger partial charge in [0.15, 0.2) is 0 Å². The standard InChI is InChI=1S/C22H30N2O3/c1-23(22(25)14-16-6-5-7-21-18(16)10-13-27-21)19-9-8-17(26-2)15-20(19)24-11-3-4-12-24/h5-7,10,13,17,19-20H,3-4,8-9,11-12,14-15H2,1-2H3/t17-,19-,20-/m1/s1. The fraction of sp³-hybridized carbons (Fsp3) is 0.591. The van der Waals surface area contributed by atoms with Crippen LogP contribution in [0.3, 0.4) is 0 Å². The number of methoxy groups -OCH3 is 1. The van der Waals surface area contributed by atoms with Gasteiger partial charge in [-0.1, -0.05) is 12.1 Å². The highest BCUT2D eigenvalue weighted by molar-refractivity contribution is 5.87. The quantitative estimate of drug-likeness (QED) is 0.809. The van der Waals surface area contributed by atoms with Crippen molar-refractivity contribution in [3.05, 3.63) is 36.1 Å². The second-order valence-electron chi connectivity index (χ2n) is 7.98. The predicted octanol–water partition coefficient (Wildman–Crippen LogP) is 3.47. The molecule has 146 valence electrons. The lowest BCUT2D eigenvalue weighted by Gasteiger charge is -2.44. The summed E-state index contributed by atoms with van der Waals surface area (Å²) >= 11 is 0. The number of amides is 1. The van der Waals surface area contributed by atoms with Crippen molar-refractivity contribution in [2.24, 2.45) is 0 Å². The van der Waals surface area contributed by atoms with Crippen LogP contribution in [0.4, 0.5) is 0 Å². The Hall–Kier alpha value is -1.85. The molecule has 2 fully saturated rings. The van der Waals surface area contributed by atoms with Crippen molar-refractivity contribution in [1.82, 2.24) is 9.80 Å². The molecule has 0 radical (unpaired) electrons. The number of likely N-dealkylation sites (N-methyl/N-ethyl adjacent to an activating group) is 1. The van der Waals surface area contributed by atoms with Crippen LogP contribution in [0, 0.1) is 0 Å². The van der Waals surface area contributed by atoms with Crippen LogP contribution in [0.1, 0.15) is 37.7 Å². The van der Waals surface area contributed by atoms with Crippen LogP contribution in [-0.2, 0) is 16.0 Å². The first-order valence-electron chi connectivity index (χ1n) is 10.1. The van der Waals surface area contributed by atoms with Crippen LogP contribution < -0.4 is 0 Å². The summed E-state index contributed by atoms with van der Waals surface area (Å²) in [5.41, 5.74) is 1.89. The molecule has 2 heterocycles. The predicted molar refractivity (Wildman–Crippen MR) is 106 cm³/mol. The highest BCUT2D eigenvalue weighted by atomic mass is 16.5. The number of nitrogens with zero attached hydrogens (tertiary/aromatic N) is 2. The largest absolute Gasteiger partial charge is 0.464 e. The number of fused-ring (bicyclic) bond motifs is 1. The maximum absolute atomic E-state index is 13.1. The topological polar surface area (TPSA) is 45.9 Å². The average molecular weight is 370 g/mol. The highest BCUT2D eigenvalue weighted by Crippen LogP contribution is 2.31. The summed E-state index contributed by atoms with van der Waals surface area (Å²) in [6.07, 6.45) is 8.02. The maximum atomic E-state index is 13.1. The van der Waals surface area contributed by atoms with Gasteiger partial charge in [0.25, 0.3) is 0 Å². The molecule has 1 aromatic heterocycles. The summed E-state index contributed by atoms with van der Waals surface area (Å²) in [5, 5.41) is 1.04. The number of benzene rings is 1. The number of rotatable bonds is 5. The van der Waals surface area contributed by atoms with Gasteiger partial charge in [0.05, 0.1) is 18.8 Å². The molecule has 1 aromatic carbocycles. The van der Waals surface area contributed by atoms with E-state index >= 15 is 0 Å². The third-order valence-corrected chi connectivity index (χ3v) is 6.49. The normalized spacial score (nSPS) is 26.5. The molecular formula is C22H30N2O3. The van der Waals surface area contributed by atoms with Gasteiger partial charge in [-0.3, -0.25) is 9.69 Å². The summed E-state index contributed by atoms with van der Waals surface area (Å²) in [6, 6.07) is 8.57. The first kappa shape index (κ1) is 18.5. The van der Waals surface area contributed by atoms with Gasteiger partial charge in [0, 0.05) is 31.6 Å². The summed E-state index contributed by atoms with van der Waals surface area (Å²) in [7, 11) is 3.80. The minimum Gasteiger partial charge on any atom is -0.464 e. The summed E-state index contributed by atoms with van der Waals surface area (Å²) < 4.78 is 11.1. The second-order valence-corrected chi connectivity index (χ2v) is 7.98. The van der Waals surface area contributed by atoms with Crippen molar-refractivity contribution in [3.8, 4) is 0 Å².